The molecule has 0 atom stereocenters. The van der Waals surface area contributed by atoms with Crippen LogP contribution in [0.3, 0.4) is 0 Å². The van der Waals surface area contributed by atoms with Crippen molar-refractivity contribution in [1.82, 2.24) is 14.9 Å². The molecular weight excluding hydrogens is 370 g/mol. The lowest BCUT2D eigenvalue weighted by molar-refractivity contribution is 0.242. The van der Waals surface area contributed by atoms with E-state index in [9.17, 15) is 4.79 Å². The highest BCUT2D eigenvalue weighted by molar-refractivity contribution is 9.10. The number of benzene rings is 1. The van der Waals surface area contributed by atoms with Crippen molar-refractivity contribution in [1.29, 1.82) is 0 Å². The summed E-state index contributed by atoms with van der Waals surface area (Å²) in [5, 5.41) is 0. The van der Waals surface area contributed by atoms with E-state index in [1.54, 1.807) is 18.4 Å². The number of hydrogen-bond donors (Lipinski definition) is 1. The maximum Gasteiger partial charge on any atom is 0.256 e. The maximum atomic E-state index is 12.5. The van der Waals surface area contributed by atoms with Crippen LogP contribution in [0.4, 0.5) is 0 Å². The van der Waals surface area contributed by atoms with Crippen LogP contribution in [-0.4, -0.2) is 21.4 Å². The Morgan fingerprint density at radius 1 is 1.25 bits per heavy atom. The zero-order chi connectivity index (χ0) is 16.5. The van der Waals surface area contributed by atoms with Crippen LogP contribution in [0.25, 0.3) is 11.6 Å². The molecular formula is C18H16BrN3O2. The summed E-state index contributed by atoms with van der Waals surface area (Å²) in [4.78, 5) is 22.1. The van der Waals surface area contributed by atoms with Gasteiger partial charge >= 0.3 is 0 Å². The van der Waals surface area contributed by atoms with E-state index in [4.69, 9.17) is 4.42 Å². The number of furan rings is 1. The second-order valence-corrected chi connectivity index (χ2v) is 6.82. The second kappa shape index (κ2) is 6.37. The van der Waals surface area contributed by atoms with Gasteiger partial charge in [-0.05, 0) is 29.8 Å². The molecule has 0 saturated carbocycles. The summed E-state index contributed by atoms with van der Waals surface area (Å²) < 4.78 is 6.40. The van der Waals surface area contributed by atoms with Crippen LogP contribution < -0.4 is 5.56 Å². The fourth-order valence-electron chi connectivity index (χ4n) is 2.99. The molecule has 0 amide bonds. The third-order valence-corrected chi connectivity index (χ3v) is 4.75. The van der Waals surface area contributed by atoms with Crippen LogP contribution in [-0.2, 0) is 19.5 Å². The number of aromatic nitrogens is 2. The Hall–Kier alpha value is -2.18. The predicted molar refractivity (Wildman–Crippen MR) is 94.5 cm³/mol. The van der Waals surface area contributed by atoms with Crippen LogP contribution in [0.15, 0.2) is 56.3 Å². The molecule has 1 N–H and O–H groups in total. The molecule has 4 rings (SSSR count). The summed E-state index contributed by atoms with van der Waals surface area (Å²) >= 11 is 3.45. The first-order valence-corrected chi connectivity index (χ1v) is 8.61. The van der Waals surface area contributed by atoms with E-state index in [2.05, 4.69) is 42.9 Å². The number of nitrogens with one attached hydrogen (secondary N) is 1. The molecule has 0 bridgehead atoms. The van der Waals surface area contributed by atoms with E-state index in [1.807, 2.05) is 12.1 Å². The summed E-state index contributed by atoms with van der Waals surface area (Å²) in [5.41, 5.74) is 2.79. The molecule has 1 aromatic carbocycles. The molecule has 6 heteroatoms. The van der Waals surface area contributed by atoms with E-state index in [1.165, 1.54) is 5.56 Å². The van der Waals surface area contributed by atoms with Gasteiger partial charge in [0.05, 0.1) is 17.5 Å². The molecule has 1 aliphatic rings. The molecule has 0 saturated heterocycles. The van der Waals surface area contributed by atoms with Crippen LogP contribution >= 0.6 is 15.9 Å². The fourth-order valence-corrected chi connectivity index (χ4v) is 3.26. The first kappa shape index (κ1) is 15.4. The lowest BCUT2D eigenvalue weighted by atomic mass is 10.1. The first-order valence-electron chi connectivity index (χ1n) is 7.82. The number of halogens is 1. The largest absolute Gasteiger partial charge is 0.461 e. The standard InChI is InChI=1S/C18H16BrN3O2/c19-13-5-3-12(4-6-13)10-22-8-7-15-14(11-22)18(23)21-17(20-15)16-2-1-9-24-16/h1-6,9H,7-8,10-11H2,(H,20,21,23). The SMILES string of the molecule is O=c1[nH]c(-c2ccco2)nc2c1CN(Cc1ccc(Br)cc1)CC2. The van der Waals surface area contributed by atoms with Crippen molar-refractivity contribution in [2.24, 2.45) is 0 Å². The lowest BCUT2D eigenvalue weighted by Crippen LogP contribution is -2.35. The van der Waals surface area contributed by atoms with Gasteiger partial charge in [-0.25, -0.2) is 4.98 Å². The lowest BCUT2D eigenvalue weighted by Gasteiger charge is -2.27. The maximum absolute atomic E-state index is 12.5. The van der Waals surface area contributed by atoms with Gasteiger partial charge in [0.2, 0.25) is 0 Å². The van der Waals surface area contributed by atoms with Gasteiger partial charge in [0.25, 0.3) is 5.56 Å². The topological polar surface area (TPSA) is 62.1 Å². The third kappa shape index (κ3) is 3.07. The van der Waals surface area contributed by atoms with Crippen molar-refractivity contribution in [3.8, 4) is 11.6 Å². The number of hydrogen-bond acceptors (Lipinski definition) is 4. The molecule has 0 fully saturated rings. The highest BCUT2D eigenvalue weighted by Crippen LogP contribution is 2.20. The summed E-state index contributed by atoms with van der Waals surface area (Å²) in [6, 6.07) is 11.9. The third-order valence-electron chi connectivity index (χ3n) is 4.22. The Kier molecular flexibility index (Phi) is 4.08. The van der Waals surface area contributed by atoms with E-state index in [0.29, 0.717) is 18.1 Å². The number of rotatable bonds is 3. The zero-order valence-electron chi connectivity index (χ0n) is 13.0. The molecule has 5 nitrogen and oxygen atoms in total. The summed E-state index contributed by atoms with van der Waals surface area (Å²) in [5.74, 6) is 1.09. The Labute approximate surface area is 147 Å². The van der Waals surface area contributed by atoms with Gasteiger partial charge in [0, 0.05) is 30.5 Å². The van der Waals surface area contributed by atoms with Crippen molar-refractivity contribution in [3.05, 3.63) is 74.3 Å². The minimum absolute atomic E-state index is 0.0769. The van der Waals surface area contributed by atoms with Gasteiger partial charge in [-0.3, -0.25) is 9.69 Å². The summed E-state index contributed by atoms with van der Waals surface area (Å²) in [7, 11) is 0. The zero-order valence-corrected chi connectivity index (χ0v) is 14.5. The van der Waals surface area contributed by atoms with Crippen LogP contribution in [0.1, 0.15) is 16.8 Å². The molecule has 2 aromatic heterocycles. The molecule has 0 aliphatic carbocycles. The summed E-state index contributed by atoms with van der Waals surface area (Å²) in [6.45, 7) is 2.33. The molecule has 0 radical (unpaired) electrons. The Balaban J connectivity index is 1.57. The predicted octanol–water partition coefficient (Wildman–Crippen LogP) is 3.35. The monoisotopic (exact) mass is 385 g/mol. The van der Waals surface area contributed by atoms with Crippen LogP contribution in [0, 0.1) is 0 Å². The Morgan fingerprint density at radius 2 is 2.08 bits per heavy atom. The van der Waals surface area contributed by atoms with Crippen molar-refractivity contribution in [2.75, 3.05) is 6.54 Å². The van der Waals surface area contributed by atoms with Gasteiger partial charge in [0.1, 0.15) is 0 Å². The second-order valence-electron chi connectivity index (χ2n) is 5.90. The summed E-state index contributed by atoms with van der Waals surface area (Å²) in [6.07, 6.45) is 2.35. The molecule has 3 heterocycles. The van der Waals surface area contributed by atoms with E-state index in [0.717, 1.165) is 35.2 Å². The average Bonchev–Trinajstić information content (AvgIpc) is 3.12. The molecule has 24 heavy (non-hydrogen) atoms. The van der Waals surface area contributed by atoms with Gasteiger partial charge in [-0.15, -0.1) is 0 Å². The number of aromatic amines is 1. The van der Waals surface area contributed by atoms with Crippen LogP contribution in [0.5, 0.6) is 0 Å². The normalized spacial score (nSPS) is 14.5. The van der Waals surface area contributed by atoms with E-state index in [-0.39, 0.29) is 5.56 Å². The average molecular weight is 386 g/mol. The molecule has 122 valence electrons. The Bertz CT molecular complexity index is 901. The van der Waals surface area contributed by atoms with Gasteiger partial charge < -0.3 is 9.40 Å². The Morgan fingerprint density at radius 3 is 2.83 bits per heavy atom. The van der Waals surface area contributed by atoms with Gasteiger partial charge in [0.15, 0.2) is 11.6 Å². The van der Waals surface area contributed by atoms with Gasteiger partial charge in [-0.1, -0.05) is 28.1 Å². The molecule has 0 unspecified atom stereocenters. The van der Waals surface area contributed by atoms with Crippen LogP contribution in [0.2, 0.25) is 0 Å². The number of fused-ring (bicyclic) bond motifs is 1. The van der Waals surface area contributed by atoms with E-state index < -0.39 is 0 Å². The van der Waals surface area contributed by atoms with Crippen molar-refractivity contribution < 1.29 is 4.42 Å². The molecule has 3 aromatic rings. The molecule has 0 spiro atoms. The van der Waals surface area contributed by atoms with Gasteiger partial charge in [-0.2, -0.15) is 0 Å². The minimum Gasteiger partial charge on any atom is -0.461 e. The van der Waals surface area contributed by atoms with E-state index >= 15 is 0 Å². The minimum atomic E-state index is -0.0769. The number of nitrogens with zero attached hydrogens (tertiary/aromatic N) is 2. The first-order chi connectivity index (χ1) is 11.7. The van der Waals surface area contributed by atoms with Crippen molar-refractivity contribution in [3.63, 3.8) is 0 Å². The highest BCUT2D eigenvalue weighted by Gasteiger charge is 2.22. The smallest absolute Gasteiger partial charge is 0.256 e. The highest BCUT2D eigenvalue weighted by atomic mass is 79.9. The van der Waals surface area contributed by atoms with Crippen molar-refractivity contribution in [2.45, 2.75) is 19.5 Å². The molecule has 1 aliphatic heterocycles. The van der Waals surface area contributed by atoms with Crippen molar-refractivity contribution >= 4 is 15.9 Å². The quantitative estimate of drug-likeness (QED) is 0.750. The fraction of sp³-hybridized carbons (Fsp3) is 0.222. The number of H-pyrrole nitrogens is 1.